The number of aromatic amines is 1. The molecule has 0 fully saturated rings. The van der Waals surface area contributed by atoms with Gasteiger partial charge in [-0.05, 0) is 23.6 Å². The number of nitrogens with one attached hydrogen (secondary N) is 1. The van der Waals surface area contributed by atoms with E-state index in [2.05, 4.69) is 15.2 Å². The second-order valence-corrected chi connectivity index (χ2v) is 4.72. The third-order valence-corrected chi connectivity index (χ3v) is 3.25. The number of nitrogens with zero attached hydrogens (tertiary/aromatic N) is 3. The molecule has 0 radical (unpaired) electrons. The Bertz CT molecular complexity index is 507. The molecule has 1 N–H and O–H groups in total. The summed E-state index contributed by atoms with van der Waals surface area (Å²) in [5, 5.41) is 17.8. The van der Waals surface area contributed by atoms with Crippen molar-refractivity contribution in [3.63, 3.8) is 0 Å². The first-order valence-corrected chi connectivity index (χ1v) is 6.39. The van der Waals surface area contributed by atoms with Crippen molar-refractivity contribution in [2.45, 2.75) is 5.16 Å². The second kappa shape index (κ2) is 5.49. The van der Waals surface area contributed by atoms with Crippen LogP contribution in [0.1, 0.15) is 10.7 Å². The summed E-state index contributed by atoms with van der Waals surface area (Å²) in [7, 11) is 0. The highest BCUT2D eigenvalue weighted by Crippen LogP contribution is 2.14. The summed E-state index contributed by atoms with van der Waals surface area (Å²) in [6.07, 6.45) is 3.85. The summed E-state index contributed by atoms with van der Waals surface area (Å²) in [6.45, 7) is 0. The van der Waals surface area contributed by atoms with E-state index in [1.54, 1.807) is 11.3 Å². The Labute approximate surface area is 101 Å². The Kier molecular flexibility index (Phi) is 3.75. The SMILES string of the molecule is N#CCSc1n[nH]c(C=Cc2cccs2)n1. The molecule has 4 nitrogen and oxygen atoms in total. The highest BCUT2D eigenvalue weighted by atomic mass is 32.2. The van der Waals surface area contributed by atoms with Gasteiger partial charge in [0.05, 0.1) is 11.8 Å². The van der Waals surface area contributed by atoms with E-state index in [1.165, 1.54) is 16.6 Å². The van der Waals surface area contributed by atoms with Gasteiger partial charge in [-0.3, -0.25) is 5.10 Å². The largest absolute Gasteiger partial charge is 0.259 e. The molecule has 0 aliphatic carbocycles. The predicted molar refractivity (Wildman–Crippen MR) is 66.0 cm³/mol. The molecule has 0 bridgehead atoms. The average molecular weight is 248 g/mol. The Morgan fingerprint density at radius 3 is 3.25 bits per heavy atom. The fourth-order valence-corrected chi connectivity index (χ4v) is 2.13. The van der Waals surface area contributed by atoms with E-state index < -0.39 is 0 Å². The lowest BCUT2D eigenvalue weighted by Gasteiger charge is -1.83. The fraction of sp³-hybridized carbons (Fsp3) is 0.100. The molecule has 16 heavy (non-hydrogen) atoms. The van der Waals surface area contributed by atoms with Crippen LogP contribution in [0, 0.1) is 11.3 Å². The van der Waals surface area contributed by atoms with Crippen molar-refractivity contribution >= 4 is 35.3 Å². The summed E-state index contributed by atoms with van der Waals surface area (Å²) in [6, 6.07) is 6.06. The first-order valence-electron chi connectivity index (χ1n) is 4.52. The van der Waals surface area contributed by atoms with Crippen LogP contribution < -0.4 is 0 Å². The van der Waals surface area contributed by atoms with Crippen LogP contribution in [0.2, 0.25) is 0 Å². The van der Waals surface area contributed by atoms with Crippen molar-refractivity contribution in [2.75, 3.05) is 5.75 Å². The summed E-state index contributed by atoms with van der Waals surface area (Å²) >= 11 is 2.98. The van der Waals surface area contributed by atoms with Crippen molar-refractivity contribution in [1.29, 1.82) is 5.26 Å². The Hall–Kier alpha value is -1.58. The lowest BCUT2D eigenvalue weighted by molar-refractivity contribution is 0.974. The summed E-state index contributed by atoms with van der Waals surface area (Å²) in [4.78, 5) is 5.38. The van der Waals surface area contributed by atoms with Gasteiger partial charge in [-0.1, -0.05) is 17.8 Å². The van der Waals surface area contributed by atoms with Crippen LogP contribution in [0.15, 0.2) is 22.7 Å². The van der Waals surface area contributed by atoms with Gasteiger partial charge < -0.3 is 0 Å². The number of rotatable bonds is 4. The van der Waals surface area contributed by atoms with Crippen LogP contribution in [-0.4, -0.2) is 20.9 Å². The summed E-state index contributed by atoms with van der Waals surface area (Å²) < 4.78 is 0. The van der Waals surface area contributed by atoms with Crippen LogP contribution in [-0.2, 0) is 0 Å². The van der Waals surface area contributed by atoms with Crippen LogP contribution in [0.3, 0.4) is 0 Å². The van der Waals surface area contributed by atoms with Gasteiger partial charge in [-0.25, -0.2) is 4.98 Å². The minimum absolute atomic E-state index is 0.367. The topological polar surface area (TPSA) is 65.4 Å². The van der Waals surface area contributed by atoms with Gasteiger partial charge in [0.1, 0.15) is 5.82 Å². The maximum absolute atomic E-state index is 8.41. The van der Waals surface area contributed by atoms with Crippen LogP contribution >= 0.6 is 23.1 Å². The quantitative estimate of drug-likeness (QED) is 0.845. The van der Waals surface area contributed by atoms with Gasteiger partial charge in [0.15, 0.2) is 0 Å². The molecule has 0 amide bonds. The smallest absolute Gasteiger partial charge is 0.209 e. The van der Waals surface area contributed by atoms with Gasteiger partial charge in [0, 0.05) is 4.88 Å². The third-order valence-electron chi connectivity index (χ3n) is 1.70. The maximum Gasteiger partial charge on any atom is 0.209 e. The highest BCUT2D eigenvalue weighted by molar-refractivity contribution is 7.99. The second-order valence-electron chi connectivity index (χ2n) is 2.80. The molecular formula is C10H8N4S2. The van der Waals surface area contributed by atoms with E-state index in [1.807, 2.05) is 35.7 Å². The number of nitriles is 1. The first-order chi connectivity index (χ1) is 7.88. The zero-order chi connectivity index (χ0) is 11.2. The molecule has 2 aromatic rings. The number of H-pyrrole nitrogens is 1. The summed E-state index contributed by atoms with van der Waals surface area (Å²) in [5.41, 5.74) is 0. The van der Waals surface area contributed by atoms with Crippen molar-refractivity contribution in [3.8, 4) is 6.07 Å². The zero-order valence-corrected chi connectivity index (χ0v) is 9.88. The van der Waals surface area contributed by atoms with E-state index in [9.17, 15) is 0 Å². The van der Waals surface area contributed by atoms with E-state index in [0.29, 0.717) is 16.7 Å². The lowest BCUT2D eigenvalue weighted by atomic mass is 10.4. The van der Waals surface area contributed by atoms with Gasteiger partial charge in [0.2, 0.25) is 5.16 Å². The number of hydrogen-bond donors (Lipinski definition) is 1. The average Bonchev–Trinajstić information content (AvgIpc) is 2.95. The van der Waals surface area contributed by atoms with Crippen molar-refractivity contribution in [2.24, 2.45) is 0 Å². The standard InChI is InChI=1S/C10H8N4S2/c11-5-7-16-10-12-9(13-14-10)4-3-8-2-1-6-15-8/h1-4,6H,7H2,(H,12,13,14). The van der Waals surface area contributed by atoms with Crippen molar-refractivity contribution in [3.05, 3.63) is 28.2 Å². The van der Waals surface area contributed by atoms with E-state index in [0.717, 1.165) is 0 Å². The number of hydrogen-bond acceptors (Lipinski definition) is 5. The Morgan fingerprint density at radius 2 is 2.50 bits per heavy atom. The molecule has 0 aliphatic heterocycles. The normalized spacial score (nSPS) is 10.7. The molecule has 80 valence electrons. The van der Waals surface area contributed by atoms with Crippen molar-refractivity contribution in [1.82, 2.24) is 15.2 Å². The number of aromatic nitrogens is 3. The van der Waals surface area contributed by atoms with Crippen LogP contribution in [0.25, 0.3) is 12.2 Å². The van der Waals surface area contributed by atoms with Crippen LogP contribution in [0.4, 0.5) is 0 Å². The molecule has 0 saturated heterocycles. The molecule has 2 rings (SSSR count). The third kappa shape index (κ3) is 2.95. The van der Waals surface area contributed by atoms with E-state index in [-0.39, 0.29) is 0 Å². The van der Waals surface area contributed by atoms with E-state index in [4.69, 9.17) is 5.26 Å². The molecule has 0 unspecified atom stereocenters. The number of thiophene rings is 1. The number of thioether (sulfide) groups is 1. The van der Waals surface area contributed by atoms with Crippen molar-refractivity contribution < 1.29 is 0 Å². The lowest BCUT2D eigenvalue weighted by Crippen LogP contribution is -1.76. The van der Waals surface area contributed by atoms with E-state index >= 15 is 0 Å². The molecule has 0 aromatic carbocycles. The van der Waals surface area contributed by atoms with Gasteiger partial charge in [-0.15, -0.1) is 16.4 Å². The highest BCUT2D eigenvalue weighted by Gasteiger charge is 2.00. The molecular weight excluding hydrogens is 240 g/mol. The Morgan fingerprint density at radius 1 is 1.56 bits per heavy atom. The maximum atomic E-state index is 8.41. The molecule has 0 atom stereocenters. The first kappa shape index (κ1) is 10.9. The minimum atomic E-state index is 0.367. The molecule has 2 heterocycles. The fourth-order valence-electron chi connectivity index (χ4n) is 1.04. The van der Waals surface area contributed by atoms with Gasteiger partial charge in [0.25, 0.3) is 0 Å². The van der Waals surface area contributed by atoms with Crippen LogP contribution in [0.5, 0.6) is 0 Å². The minimum Gasteiger partial charge on any atom is -0.259 e. The van der Waals surface area contributed by atoms with Gasteiger partial charge >= 0.3 is 0 Å². The molecule has 0 saturated carbocycles. The molecule has 2 aromatic heterocycles. The molecule has 0 aliphatic rings. The summed E-state index contributed by atoms with van der Waals surface area (Å²) in [5.74, 6) is 1.07. The molecule has 6 heteroatoms. The zero-order valence-electron chi connectivity index (χ0n) is 8.25. The monoisotopic (exact) mass is 248 g/mol. The predicted octanol–water partition coefficient (Wildman–Crippen LogP) is 2.65. The van der Waals surface area contributed by atoms with Gasteiger partial charge in [-0.2, -0.15) is 5.26 Å². The molecule has 0 spiro atoms. The Balaban J connectivity index is 2.00.